The summed E-state index contributed by atoms with van der Waals surface area (Å²) in [5.41, 5.74) is 0.960. The van der Waals surface area contributed by atoms with Crippen LogP contribution in [0.3, 0.4) is 0 Å². The number of hydrogen-bond acceptors (Lipinski definition) is 5. The average molecular weight is 452 g/mol. The van der Waals surface area contributed by atoms with Gasteiger partial charge in [0.25, 0.3) is 0 Å². The summed E-state index contributed by atoms with van der Waals surface area (Å²) in [6, 6.07) is 12.3. The van der Waals surface area contributed by atoms with Crippen molar-refractivity contribution >= 4 is 17.6 Å². The quantitative estimate of drug-likeness (QED) is 0.339. The van der Waals surface area contributed by atoms with Crippen LogP contribution in [0, 0.1) is 11.6 Å². The van der Waals surface area contributed by atoms with Crippen molar-refractivity contribution in [1.29, 1.82) is 0 Å². The van der Waals surface area contributed by atoms with Gasteiger partial charge in [-0.15, -0.1) is 0 Å². The Kier molecular flexibility index (Phi) is 6.67. The van der Waals surface area contributed by atoms with Gasteiger partial charge < -0.3 is 14.8 Å². The highest BCUT2D eigenvalue weighted by atomic mass is 19.4. The number of carbonyl (C=O) groups excluding carboxylic acids is 2. The number of ether oxygens (including phenoxy) is 2. The van der Waals surface area contributed by atoms with Gasteiger partial charge in [0.1, 0.15) is 17.4 Å². The van der Waals surface area contributed by atoms with E-state index in [4.69, 9.17) is 4.74 Å². The molecular weight excluding hydrogens is 439 g/mol. The number of esters is 1. The van der Waals surface area contributed by atoms with Crippen molar-refractivity contribution in [3.8, 4) is 17.0 Å². The largest absolute Gasteiger partial charge is 0.491 e. The molecule has 11 heteroatoms. The second kappa shape index (κ2) is 9.41. The van der Waals surface area contributed by atoms with Crippen molar-refractivity contribution < 1.29 is 41.0 Å². The number of aromatic nitrogens is 1. The summed E-state index contributed by atoms with van der Waals surface area (Å²) in [7, 11) is 0. The van der Waals surface area contributed by atoms with Crippen LogP contribution >= 0.6 is 0 Å². The van der Waals surface area contributed by atoms with E-state index < -0.39 is 36.0 Å². The van der Waals surface area contributed by atoms with Gasteiger partial charge in [-0.1, -0.05) is 0 Å². The zero-order chi connectivity index (χ0) is 23.3. The second-order valence-electron chi connectivity index (χ2n) is 6.24. The van der Waals surface area contributed by atoms with E-state index in [0.29, 0.717) is 11.3 Å². The maximum atomic E-state index is 13.0. The molecule has 0 spiro atoms. The number of rotatable bonds is 6. The summed E-state index contributed by atoms with van der Waals surface area (Å²) in [5, 5.41) is 2.16. The van der Waals surface area contributed by atoms with Crippen LogP contribution in [0.5, 0.6) is 5.75 Å². The molecule has 166 valence electrons. The Morgan fingerprint density at radius 1 is 0.875 bits per heavy atom. The molecule has 0 bridgehead atoms. The van der Waals surface area contributed by atoms with E-state index in [9.17, 15) is 31.5 Å². The van der Waals surface area contributed by atoms with Crippen LogP contribution in [-0.4, -0.2) is 29.3 Å². The van der Waals surface area contributed by atoms with Crippen LogP contribution < -0.4 is 10.1 Å². The second-order valence-corrected chi connectivity index (χ2v) is 6.24. The summed E-state index contributed by atoms with van der Waals surface area (Å²) in [5.74, 6) is -5.14. The number of anilines is 1. The Labute approximate surface area is 177 Å². The average Bonchev–Trinajstić information content (AvgIpc) is 2.75. The van der Waals surface area contributed by atoms with Gasteiger partial charge in [-0.05, 0) is 60.7 Å². The molecule has 0 fully saturated rings. The molecule has 1 unspecified atom stereocenters. The first kappa shape index (κ1) is 22.7. The van der Waals surface area contributed by atoms with Gasteiger partial charge >= 0.3 is 24.3 Å². The number of halogens is 5. The highest BCUT2D eigenvalue weighted by molar-refractivity contribution is 5.95. The summed E-state index contributed by atoms with van der Waals surface area (Å²) in [6.07, 6.45) is -6.62. The fourth-order valence-electron chi connectivity index (χ4n) is 2.39. The van der Waals surface area contributed by atoms with E-state index in [2.05, 4.69) is 15.0 Å². The molecule has 1 heterocycles. The number of hydrogen-bond donors (Lipinski definition) is 1. The van der Waals surface area contributed by atoms with Crippen molar-refractivity contribution in [2.75, 3.05) is 5.32 Å². The number of benzene rings is 2. The number of alkyl halides is 3. The Morgan fingerprint density at radius 3 is 2.00 bits per heavy atom. The van der Waals surface area contributed by atoms with Crippen LogP contribution in [0.4, 0.5) is 27.6 Å². The van der Waals surface area contributed by atoms with E-state index >= 15 is 0 Å². The Hall–Kier alpha value is -4.02. The zero-order valence-corrected chi connectivity index (χ0v) is 15.9. The van der Waals surface area contributed by atoms with Crippen LogP contribution in [0.2, 0.25) is 0 Å². The molecular formula is C21H13F5N2O4. The number of carbonyl (C=O) groups is 2. The van der Waals surface area contributed by atoms with Gasteiger partial charge in [0.2, 0.25) is 0 Å². The van der Waals surface area contributed by atoms with Crippen molar-refractivity contribution in [3.63, 3.8) is 0 Å². The minimum atomic E-state index is -5.37. The van der Waals surface area contributed by atoms with Crippen LogP contribution in [0.15, 0.2) is 66.9 Å². The highest BCUT2D eigenvalue weighted by Gasteiger charge is 2.44. The Morgan fingerprint density at radius 2 is 1.47 bits per heavy atom. The van der Waals surface area contributed by atoms with E-state index in [0.717, 1.165) is 30.5 Å². The minimum absolute atomic E-state index is 0.0258. The molecule has 2 aromatic carbocycles. The molecule has 1 atom stereocenters. The molecule has 3 aromatic rings. The van der Waals surface area contributed by atoms with E-state index in [1.54, 1.807) is 0 Å². The maximum Gasteiger partial charge on any atom is 0.491 e. The van der Waals surface area contributed by atoms with Gasteiger partial charge in [-0.3, -0.25) is 9.78 Å². The first-order valence-electron chi connectivity index (χ1n) is 8.85. The summed E-state index contributed by atoms with van der Waals surface area (Å²) in [6.45, 7) is 0. The fraction of sp³-hybridized carbons (Fsp3) is 0.0952. The molecule has 3 rings (SSSR count). The van der Waals surface area contributed by atoms with E-state index in [1.165, 1.54) is 36.4 Å². The van der Waals surface area contributed by atoms with Gasteiger partial charge in [0.15, 0.2) is 0 Å². The number of nitrogens with zero attached hydrogens (tertiary/aromatic N) is 1. The third-order valence-electron chi connectivity index (χ3n) is 3.89. The number of pyridine rings is 1. The molecule has 0 aliphatic carbocycles. The zero-order valence-electron chi connectivity index (χ0n) is 15.9. The third-order valence-corrected chi connectivity index (χ3v) is 3.89. The lowest BCUT2D eigenvalue weighted by Crippen LogP contribution is -2.40. The summed E-state index contributed by atoms with van der Waals surface area (Å²) < 4.78 is 73.1. The van der Waals surface area contributed by atoms with Crippen molar-refractivity contribution in [3.05, 3.63) is 78.5 Å². The molecule has 1 aromatic heterocycles. The molecule has 1 amide bonds. The molecule has 1 N–H and O–H groups in total. The Bertz CT molecular complexity index is 1090. The van der Waals surface area contributed by atoms with Crippen LogP contribution in [0.25, 0.3) is 11.3 Å². The molecule has 0 aliphatic heterocycles. The lowest BCUT2D eigenvalue weighted by Gasteiger charge is -2.19. The van der Waals surface area contributed by atoms with Gasteiger partial charge in [-0.2, -0.15) is 13.2 Å². The van der Waals surface area contributed by atoms with Gasteiger partial charge in [-0.25, -0.2) is 13.6 Å². The smallest absolute Gasteiger partial charge is 0.445 e. The van der Waals surface area contributed by atoms with Crippen molar-refractivity contribution in [1.82, 2.24) is 4.98 Å². The van der Waals surface area contributed by atoms with E-state index in [-0.39, 0.29) is 11.4 Å². The first-order valence-corrected chi connectivity index (χ1v) is 8.85. The molecule has 0 saturated heterocycles. The summed E-state index contributed by atoms with van der Waals surface area (Å²) in [4.78, 5) is 27.6. The monoisotopic (exact) mass is 452 g/mol. The third kappa shape index (κ3) is 6.00. The molecule has 0 radical (unpaired) electrons. The van der Waals surface area contributed by atoms with Gasteiger partial charge in [0.05, 0.1) is 11.9 Å². The van der Waals surface area contributed by atoms with Crippen molar-refractivity contribution in [2.45, 2.75) is 12.5 Å². The minimum Gasteiger partial charge on any atom is -0.445 e. The van der Waals surface area contributed by atoms with E-state index in [1.807, 2.05) is 0 Å². The maximum absolute atomic E-state index is 13.0. The SMILES string of the molecule is O=C(Nc1ccc(F)cc1)C(OC(=O)C(F)(F)F)Oc1ccc(-c2ccc(F)cc2)nc1. The van der Waals surface area contributed by atoms with Crippen LogP contribution in [-0.2, 0) is 14.3 Å². The standard InChI is InChI=1S/C21H13F5N2O4/c22-13-3-1-12(2-4-13)17-10-9-16(11-27-17)31-19(32-20(30)21(24,25)26)18(29)28-15-7-5-14(23)6-8-15/h1-11,19H,(H,28,29). The molecule has 0 saturated carbocycles. The predicted octanol–water partition coefficient (Wildman–Crippen LogP) is 4.48. The first-order chi connectivity index (χ1) is 15.1. The lowest BCUT2D eigenvalue weighted by atomic mass is 10.1. The predicted molar refractivity (Wildman–Crippen MR) is 101 cm³/mol. The van der Waals surface area contributed by atoms with Crippen LogP contribution in [0.1, 0.15) is 0 Å². The topological polar surface area (TPSA) is 77.5 Å². The molecule has 0 aliphatic rings. The molecule has 6 nitrogen and oxygen atoms in total. The number of nitrogens with one attached hydrogen (secondary N) is 1. The molecule has 32 heavy (non-hydrogen) atoms. The normalized spacial score (nSPS) is 12.0. The fourth-order valence-corrected chi connectivity index (χ4v) is 2.39. The summed E-state index contributed by atoms with van der Waals surface area (Å²) >= 11 is 0. The van der Waals surface area contributed by atoms with Gasteiger partial charge in [0, 0.05) is 11.3 Å². The highest BCUT2D eigenvalue weighted by Crippen LogP contribution is 2.23. The lowest BCUT2D eigenvalue weighted by molar-refractivity contribution is -0.215. The van der Waals surface area contributed by atoms with Crippen molar-refractivity contribution in [2.24, 2.45) is 0 Å². The Balaban J connectivity index is 1.77. The number of amides is 1.